The molecule has 0 saturated heterocycles. The molecule has 2 aromatic carbocycles. The van der Waals surface area contributed by atoms with Crippen molar-refractivity contribution in [2.45, 2.75) is 26.9 Å². The van der Waals surface area contributed by atoms with Crippen molar-refractivity contribution in [3.63, 3.8) is 0 Å². The first kappa shape index (κ1) is 23.9. The fourth-order valence-corrected chi connectivity index (χ4v) is 3.38. The molecule has 0 spiro atoms. The van der Waals surface area contributed by atoms with Gasteiger partial charge in [0.05, 0.1) is 6.61 Å². The Morgan fingerprint density at radius 2 is 1.67 bits per heavy atom. The van der Waals surface area contributed by atoms with Crippen molar-refractivity contribution < 1.29 is 23.9 Å². The highest BCUT2D eigenvalue weighted by atomic mass is 32.1. The minimum Gasteiger partial charge on any atom is -0.494 e. The smallest absolute Gasteiger partial charge is 0.325 e. The number of nitrogens with zero attached hydrogens (tertiary/aromatic N) is 2. The molecule has 1 heterocycles. The van der Waals surface area contributed by atoms with Crippen molar-refractivity contribution >= 4 is 34.8 Å². The van der Waals surface area contributed by atoms with Gasteiger partial charge in [0.15, 0.2) is 5.01 Å². The molecule has 1 aromatic heterocycles. The van der Waals surface area contributed by atoms with Gasteiger partial charge in [-0.25, -0.2) is 0 Å². The molecular weight excluding hydrogens is 444 g/mol. The Labute approximate surface area is 195 Å². The second kappa shape index (κ2) is 11.7. The standard InChI is InChI=1S/C23H24N4O5S/c1-3-15-5-9-17(10-6-15)25-22(30)23-27-26-19(33-23)14-32-20(28)13-24-21(29)16-7-11-18(12-8-16)31-4-2/h5-12H,3-4,13-14H2,1-2H3,(H,24,29)(H,25,30). The Kier molecular flexibility index (Phi) is 8.48. The lowest BCUT2D eigenvalue weighted by molar-refractivity contribution is -0.143. The average Bonchev–Trinajstić information content (AvgIpc) is 3.32. The lowest BCUT2D eigenvalue weighted by Gasteiger charge is -2.06. The van der Waals surface area contributed by atoms with E-state index in [1.807, 2.05) is 31.2 Å². The van der Waals surface area contributed by atoms with Gasteiger partial charge < -0.3 is 20.1 Å². The third-order valence-corrected chi connectivity index (χ3v) is 5.35. The van der Waals surface area contributed by atoms with E-state index in [0.29, 0.717) is 28.6 Å². The van der Waals surface area contributed by atoms with E-state index in [1.54, 1.807) is 24.3 Å². The first-order valence-corrected chi connectivity index (χ1v) is 11.2. The molecule has 0 aliphatic heterocycles. The minimum atomic E-state index is -0.633. The van der Waals surface area contributed by atoms with E-state index in [2.05, 4.69) is 27.8 Å². The van der Waals surface area contributed by atoms with Crippen molar-refractivity contribution in [2.24, 2.45) is 0 Å². The van der Waals surface area contributed by atoms with Gasteiger partial charge in [0, 0.05) is 11.3 Å². The Morgan fingerprint density at radius 1 is 0.939 bits per heavy atom. The van der Waals surface area contributed by atoms with Crippen molar-refractivity contribution in [2.75, 3.05) is 18.5 Å². The van der Waals surface area contributed by atoms with E-state index in [-0.39, 0.29) is 18.2 Å². The van der Waals surface area contributed by atoms with E-state index in [0.717, 1.165) is 17.8 Å². The molecular formula is C23H24N4O5S. The van der Waals surface area contributed by atoms with Gasteiger partial charge in [0.1, 0.15) is 18.9 Å². The number of hydrogen-bond donors (Lipinski definition) is 2. The average molecular weight is 469 g/mol. The van der Waals surface area contributed by atoms with E-state index in [9.17, 15) is 14.4 Å². The summed E-state index contributed by atoms with van der Waals surface area (Å²) < 4.78 is 10.4. The summed E-state index contributed by atoms with van der Waals surface area (Å²) in [6.45, 7) is 4.01. The van der Waals surface area contributed by atoms with Crippen LogP contribution in [-0.4, -0.2) is 41.1 Å². The molecule has 0 aliphatic carbocycles. The van der Waals surface area contributed by atoms with Gasteiger partial charge in [0.25, 0.3) is 11.8 Å². The molecule has 0 radical (unpaired) electrons. The number of hydrogen-bond acceptors (Lipinski definition) is 8. The normalized spacial score (nSPS) is 10.4. The van der Waals surface area contributed by atoms with E-state index < -0.39 is 17.8 Å². The summed E-state index contributed by atoms with van der Waals surface area (Å²) in [6.07, 6.45) is 0.915. The summed E-state index contributed by atoms with van der Waals surface area (Å²) in [6, 6.07) is 14.1. The summed E-state index contributed by atoms with van der Waals surface area (Å²) in [5, 5.41) is 13.5. The van der Waals surface area contributed by atoms with Crippen LogP contribution >= 0.6 is 11.3 Å². The molecule has 172 valence electrons. The fraction of sp³-hybridized carbons (Fsp3) is 0.261. The zero-order valence-corrected chi connectivity index (χ0v) is 19.1. The van der Waals surface area contributed by atoms with Crippen LogP contribution in [0.4, 0.5) is 5.69 Å². The predicted octanol–water partition coefficient (Wildman–Crippen LogP) is 3.22. The van der Waals surface area contributed by atoms with Crippen LogP contribution in [0.5, 0.6) is 5.75 Å². The summed E-state index contributed by atoms with van der Waals surface area (Å²) in [7, 11) is 0. The Morgan fingerprint density at radius 3 is 2.33 bits per heavy atom. The van der Waals surface area contributed by atoms with E-state index >= 15 is 0 Å². The molecule has 10 heteroatoms. The highest BCUT2D eigenvalue weighted by Crippen LogP contribution is 2.15. The van der Waals surface area contributed by atoms with Gasteiger partial charge in [0.2, 0.25) is 5.01 Å². The minimum absolute atomic E-state index is 0.145. The SMILES string of the molecule is CCOc1ccc(C(=O)NCC(=O)OCc2nnc(C(=O)Nc3ccc(CC)cc3)s2)cc1. The van der Waals surface area contributed by atoms with Crippen LogP contribution in [0.25, 0.3) is 0 Å². The van der Waals surface area contributed by atoms with Crippen LogP contribution in [0, 0.1) is 0 Å². The van der Waals surface area contributed by atoms with Crippen LogP contribution in [0.15, 0.2) is 48.5 Å². The van der Waals surface area contributed by atoms with Crippen LogP contribution in [-0.2, 0) is 22.6 Å². The number of carbonyl (C=O) groups is 3. The maximum Gasteiger partial charge on any atom is 0.325 e. The largest absolute Gasteiger partial charge is 0.494 e. The van der Waals surface area contributed by atoms with E-state index in [1.165, 1.54) is 5.56 Å². The molecule has 0 aliphatic rings. The quantitative estimate of drug-likeness (QED) is 0.438. The number of rotatable bonds is 10. The Balaban J connectivity index is 1.43. The summed E-state index contributed by atoms with van der Waals surface area (Å²) in [5.74, 6) is -0.770. The topological polar surface area (TPSA) is 120 Å². The molecule has 3 rings (SSSR count). The molecule has 3 aromatic rings. The molecule has 9 nitrogen and oxygen atoms in total. The van der Waals surface area contributed by atoms with Gasteiger partial charge in [-0.2, -0.15) is 0 Å². The molecule has 0 bridgehead atoms. The summed E-state index contributed by atoms with van der Waals surface area (Å²) in [4.78, 5) is 36.4. The fourth-order valence-electron chi connectivity index (χ4n) is 2.73. The predicted molar refractivity (Wildman–Crippen MR) is 123 cm³/mol. The maximum absolute atomic E-state index is 12.3. The molecule has 2 N–H and O–H groups in total. The number of nitrogens with one attached hydrogen (secondary N) is 2. The second-order valence-electron chi connectivity index (χ2n) is 6.81. The van der Waals surface area contributed by atoms with Gasteiger partial charge in [-0.15, -0.1) is 10.2 Å². The van der Waals surface area contributed by atoms with Gasteiger partial charge >= 0.3 is 5.97 Å². The van der Waals surface area contributed by atoms with Crippen molar-refractivity contribution in [3.05, 3.63) is 69.7 Å². The van der Waals surface area contributed by atoms with Crippen LogP contribution < -0.4 is 15.4 Å². The van der Waals surface area contributed by atoms with Crippen LogP contribution in [0.2, 0.25) is 0 Å². The lowest BCUT2D eigenvalue weighted by Crippen LogP contribution is -2.30. The molecule has 0 saturated carbocycles. The van der Waals surface area contributed by atoms with E-state index in [4.69, 9.17) is 9.47 Å². The van der Waals surface area contributed by atoms with Crippen molar-refractivity contribution in [1.82, 2.24) is 15.5 Å². The Hall–Kier alpha value is -3.79. The third-order valence-electron chi connectivity index (χ3n) is 4.46. The molecule has 0 atom stereocenters. The molecule has 0 unspecified atom stereocenters. The maximum atomic E-state index is 12.3. The highest BCUT2D eigenvalue weighted by Gasteiger charge is 2.15. The summed E-state index contributed by atoms with van der Waals surface area (Å²) >= 11 is 1.03. The van der Waals surface area contributed by atoms with Gasteiger partial charge in [-0.05, 0) is 55.3 Å². The second-order valence-corrected chi connectivity index (χ2v) is 7.87. The van der Waals surface area contributed by atoms with Crippen molar-refractivity contribution in [1.29, 1.82) is 0 Å². The molecule has 2 amide bonds. The third kappa shape index (κ3) is 7.11. The first-order chi connectivity index (χ1) is 16.0. The lowest BCUT2D eigenvalue weighted by atomic mass is 10.1. The number of amides is 2. The number of esters is 1. The number of ether oxygens (including phenoxy) is 2. The zero-order valence-electron chi connectivity index (χ0n) is 18.3. The van der Waals surface area contributed by atoms with Crippen LogP contribution in [0.3, 0.4) is 0 Å². The number of aryl methyl sites for hydroxylation is 1. The van der Waals surface area contributed by atoms with Gasteiger partial charge in [-0.1, -0.05) is 30.4 Å². The number of carbonyl (C=O) groups excluding carboxylic acids is 3. The Bertz CT molecular complexity index is 1100. The van der Waals surface area contributed by atoms with Gasteiger partial charge in [-0.3, -0.25) is 14.4 Å². The summed E-state index contributed by atoms with van der Waals surface area (Å²) in [5.41, 5.74) is 2.22. The first-order valence-electron chi connectivity index (χ1n) is 10.4. The zero-order chi connectivity index (χ0) is 23.6. The number of benzene rings is 2. The molecule has 0 fully saturated rings. The van der Waals surface area contributed by atoms with Crippen LogP contribution in [0.1, 0.15) is 44.6 Å². The highest BCUT2D eigenvalue weighted by molar-refractivity contribution is 7.13. The van der Waals surface area contributed by atoms with Crippen molar-refractivity contribution in [3.8, 4) is 5.75 Å². The number of anilines is 1. The monoisotopic (exact) mass is 468 g/mol. The number of aromatic nitrogens is 2. The molecule has 33 heavy (non-hydrogen) atoms.